The maximum Gasteiger partial charge on any atom is 0.241 e. The lowest BCUT2D eigenvalue weighted by molar-refractivity contribution is 0.254. The predicted octanol–water partition coefficient (Wildman–Crippen LogP) is 1.81. The van der Waals surface area contributed by atoms with Gasteiger partial charge in [-0.25, -0.2) is 13.1 Å². The molecular formula is C11H16BrNO3S. The zero-order chi connectivity index (χ0) is 13.1. The molecule has 1 aromatic carbocycles. The van der Waals surface area contributed by atoms with Crippen molar-refractivity contribution in [2.45, 2.75) is 31.2 Å². The highest BCUT2D eigenvalue weighted by Crippen LogP contribution is 2.23. The van der Waals surface area contributed by atoms with E-state index >= 15 is 0 Å². The van der Waals surface area contributed by atoms with Crippen LogP contribution in [0.2, 0.25) is 0 Å². The summed E-state index contributed by atoms with van der Waals surface area (Å²) in [6, 6.07) is 4.56. The van der Waals surface area contributed by atoms with Crippen LogP contribution in [0.5, 0.6) is 0 Å². The van der Waals surface area contributed by atoms with Crippen LogP contribution in [0.15, 0.2) is 27.6 Å². The van der Waals surface area contributed by atoms with Crippen LogP contribution in [-0.2, 0) is 10.0 Å². The van der Waals surface area contributed by atoms with Crippen molar-refractivity contribution in [3.05, 3.63) is 28.2 Å². The average Bonchev–Trinajstić information content (AvgIpc) is 2.29. The largest absolute Gasteiger partial charge is 0.395 e. The van der Waals surface area contributed by atoms with Gasteiger partial charge in [0.1, 0.15) is 0 Å². The highest BCUT2D eigenvalue weighted by molar-refractivity contribution is 9.10. The number of halogens is 1. The number of benzene rings is 1. The van der Waals surface area contributed by atoms with E-state index in [1.807, 2.05) is 6.92 Å². The van der Waals surface area contributed by atoms with Crippen molar-refractivity contribution in [3.8, 4) is 0 Å². The molecule has 0 radical (unpaired) electrons. The lowest BCUT2D eigenvalue weighted by atomic mass is 10.2. The fraction of sp³-hybridized carbons (Fsp3) is 0.455. The minimum absolute atomic E-state index is 0.206. The molecule has 1 rings (SSSR count). The Morgan fingerprint density at radius 3 is 2.65 bits per heavy atom. The molecule has 0 amide bonds. The molecule has 96 valence electrons. The quantitative estimate of drug-likeness (QED) is 0.869. The van der Waals surface area contributed by atoms with Crippen molar-refractivity contribution in [2.24, 2.45) is 0 Å². The van der Waals surface area contributed by atoms with Crippen LogP contribution in [0.3, 0.4) is 0 Å². The number of sulfonamides is 1. The van der Waals surface area contributed by atoms with E-state index in [9.17, 15) is 8.42 Å². The van der Waals surface area contributed by atoms with Crippen LogP contribution in [0.4, 0.5) is 0 Å². The number of aliphatic hydroxyl groups is 1. The fourth-order valence-corrected chi connectivity index (χ4v) is 3.49. The predicted molar refractivity (Wildman–Crippen MR) is 70.4 cm³/mol. The first-order valence-corrected chi connectivity index (χ1v) is 7.58. The fourth-order valence-electron chi connectivity index (χ4n) is 1.41. The molecule has 2 N–H and O–H groups in total. The van der Waals surface area contributed by atoms with E-state index < -0.39 is 16.1 Å². The van der Waals surface area contributed by atoms with Gasteiger partial charge in [0.2, 0.25) is 10.0 Å². The zero-order valence-corrected chi connectivity index (χ0v) is 12.2. The van der Waals surface area contributed by atoms with Crippen molar-refractivity contribution in [1.82, 2.24) is 4.72 Å². The Kier molecular flexibility index (Phi) is 5.12. The third-order valence-corrected chi connectivity index (χ3v) is 5.07. The van der Waals surface area contributed by atoms with Crippen LogP contribution in [0.25, 0.3) is 0 Å². The van der Waals surface area contributed by atoms with Gasteiger partial charge in [-0.15, -0.1) is 0 Å². The molecule has 1 unspecified atom stereocenters. The lowest BCUT2D eigenvalue weighted by Gasteiger charge is -2.16. The van der Waals surface area contributed by atoms with Gasteiger partial charge in [-0.05, 0) is 31.0 Å². The third kappa shape index (κ3) is 3.51. The van der Waals surface area contributed by atoms with Crippen molar-refractivity contribution in [1.29, 1.82) is 0 Å². The van der Waals surface area contributed by atoms with Gasteiger partial charge in [0.25, 0.3) is 0 Å². The molecule has 6 heteroatoms. The Labute approximate surface area is 110 Å². The number of rotatable bonds is 5. The smallest absolute Gasteiger partial charge is 0.241 e. The minimum Gasteiger partial charge on any atom is -0.395 e. The first-order chi connectivity index (χ1) is 7.92. The molecule has 0 bridgehead atoms. The zero-order valence-electron chi connectivity index (χ0n) is 9.77. The van der Waals surface area contributed by atoms with E-state index in [4.69, 9.17) is 5.11 Å². The highest BCUT2D eigenvalue weighted by Gasteiger charge is 2.21. The Hall–Kier alpha value is -0.430. The molecule has 0 aliphatic carbocycles. The van der Waals surface area contributed by atoms with Crippen molar-refractivity contribution in [2.75, 3.05) is 6.61 Å². The van der Waals surface area contributed by atoms with E-state index in [1.54, 1.807) is 25.1 Å². The molecule has 0 aliphatic heterocycles. The second-order valence-corrected chi connectivity index (χ2v) is 6.31. The number of aliphatic hydroxyl groups excluding tert-OH is 1. The van der Waals surface area contributed by atoms with E-state index in [-0.39, 0.29) is 11.5 Å². The third-order valence-electron chi connectivity index (χ3n) is 2.54. The maximum atomic E-state index is 12.1. The van der Waals surface area contributed by atoms with E-state index in [2.05, 4.69) is 20.7 Å². The first kappa shape index (κ1) is 14.6. The molecule has 0 heterocycles. The van der Waals surface area contributed by atoms with Crippen LogP contribution >= 0.6 is 15.9 Å². The van der Waals surface area contributed by atoms with Crippen molar-refractivity contribution < 1.29 is 13.5 Å². The summed E-state index contributed by atoms with van der Waals surface area (Å²) in [5, 5.41) is 9.02. The molecule has 0 fully saturated rings. The summed E-state index contributed by atoms with van der Waals surface area (Å²) in [6.07, 6.45) is 0.544. The van der Waals surface area contributed by atoms with Crippen LogP contribution in [0, 0.1) is 6.92 Å². The molecule has 0 saturated carbocycles. The van der Waals surface area contributed by atoms with Gasteiger partial charge < -0.3 is 5.11 Å². The molecular weight excluding hydrogens is 306 g/mol. The lowest BCUT2D eigenvalue weighted by Crippen LogP contribution is -2.37. The van der Waals surface area contributed by atoms with Crippen molar-refractivity contribution in [3.63, 3.8) is 0 Å². The Bertz CT molecular complexity index is 483. The molecule has 0 spiro atoms. The molecule has 17 heavy (non-hydrogen) atoms. The molecule has 0 aliphatic rings. The number of nitrogens with one attached hydrogen (secondary N) is 1. The van der Waals surface area contributed by atoms with Crippen LogP contribution in [0.1, 0.15) is 18.9 Å². The summed E-state index contributed by atoms with van der Waals surface area (Å²) in [6.45, 7) is 3.35. The summed E-state index contributed by atoms with van der Waals surface area (Å²) in [5.74, 6) is 0. The van der Waals surface area contributed by atoms with Gasteiger partial charge in [0, 0.05) is 10.5 Å². The van der Waals surface area contributed by atoms with Gasteiger partial charge >= 0.3 is 0 Å². The summed E-state index contributed by atoms with van der Waals surface area (Å²) >= 11 is 3.30. The summed E-state index contributed by atoms with van der Waals surface area (Å²) in [7, 11) is -3.58. The van der Waals surface area contributed by atoms with E-state index in [0.29, 0.717) is 12.0 Å². The Morgan fingerprint density at radius 2 is 2.12 bits per heavy atom. The molecule has 0 aromatic heterocycles. The van der Waals surface area contributed by atoms with Gasteiger partial charge in [0.15, 0.2) is 0 Å². The maximum absolute atomic E-state index is 12.1. The second kappa shape index (κ2) is 5.95. The topological polar surface area (TPSA) is 66.4 Å². The monoisotopic (exact) mass is 321 g/mol. The highest BCUT2D eigenvalue weighted by atomic mass is 79.9. The second-order valence-electron chi connectivity index (χ2n) is 3.77. The molecule has 4 nitrogen and oxygen atoms in total. The van der Waals surface area contributed by atoms with Gasteiger partial charge in [0.05, 0.1) is 11.5 Å². The van der Waals surface area contributed by atoms with E-state index in [1.165, 1.54) is 0 Å². The first-order valence-electron chi connectivity index (χ1n) is 5.30. The number of hydrogen-bond acceptors (Lipinski definition) is 3. The Morgan fingerprint density at radius 1 is 1.47 bits per heavy atom. The van der Waals surface area contributed by atoms with Crippen LogP contribution in [-0.4, -0.2) is 26.2 Å². The Balaban J connectivity index is 3.09. The van der Waals surface area contributed by atoms with Gasteiger partial charge in [-0.2, -0.15) is 0 Å². The van der Waals surface area contributed by atoms with Crippen molar-refractivity contribution >= 4 is 26.0 Å². The summed E-state index contributed by atoms with van der Waals surface area (Å²) < 4.78 is 27.4. The minimum atomic E-state index is -3.58. The molecule has 1 atom stereocenters. The molecule has 0 saturated heterocycles. The van der Waals surface area contributed by atoms with Gasteiger partial charge in [-0.1, -0.05) is 28.9 Å². The molecule has 1 aromatic rings. The SMILES string of the molecule is CCC(CO)NS(=O)(=O)c1cccc(Br)c1C. The average molecular weight is 322 g/mol. The van der Waals surface area contributed by atoms with E-state index in [0.717, 1.165) is 4.47 Å². The number of hydrogen-bond donors (Lipinski definition) is 2. The summed E-state index contributed by atoms with van der Waals surface area (Å²) in [4.78, 5) is 0.235. The summed E-state index contributed by atoms with van der Waals surface area (Å²) in [5.41, 5.74) is 0.660. The van der Waals surface area contributed by atoms with Crippen LogP contribution < -0.4 is 4.72 Å². The van der Waals surface area contributed by atoms with Gasteiger partial charge in [-0.3, -0.25) is 0 Å². The standard InChI is InChI=1S/C11H16BrNO3S/c1-3-9(7-14)13-17(15,16)11-6-4-5-10(12)8(11)2/h4-6,9,13-14H,3,7H2,1-2H3. The normalized spacial score (nSPS) is 13.6.